The van der Waals surface area contributed by atoms with Gasteiger partial charge in [0.25, 0.3) is 0 Å². The van der Waals surface area contributed by atoms with Gasteiger partial charge in [-0.25, -0.2) is 0 Å². The van der Waals surface area contributed by atoms with Crippen LogP contribution in [0.4, 0.5) is 13.2 Å². The van der Waals surface area contributed by atoms with E-state index in [-0.39, 0.29) is 24.3 Å². The lowest BCUT2D eigenvalue weighted by Crippen LogP contribution is -2.11. The minimum absolute atomic E-state index is 0.0177. The number of allylic oxidation sites excluding steroid dienone is 3. The number of rotatable bonds is 5. The first-order valence-electron chi connectivity index (χ1n) is 4.06. The number of carbonyl (C=O) groups excluding carboxylic acids is 1. The molecule has 1 unspecified atom stereocenters. The first kappa shape index (κ1) is 14.2. The molecule has 0 amide bonds. The molecular formula is C9H12F3O2P. The third-order valence-corrected chi connectivity index (χ3v) is 1.89. The smallest absolute Gasteiger partial charge is 0.415 e. The molecule has 6 heteroatoms. The van der Waals surface area contributed by atoms with Crippen LogP contribution in [0.2, 0.25) is 0 Å². The highest BCUT2D eigenvalue weighted by Gasteiger charge is 2.30. The van der Waals surface area contributed by atoms with Gasteiger partial charge in [-0.15, -0.1) is 9.24 Å². The molecule has 0 aromatic carbocycles. The van der Waals surface area contributed by atoms with Gasteiger partial charge in [0.1, 0.15) is 6.61 Å². The Morgan fingerprint density at radius 3 is 2.47 bits per heavy atom. The molecule has 0 rings (SSSR count). The van der Waals surface area contributed by atoms with E-state index in [9.17, 15) is 18.0 Å². The largest absolute Gasteiger partial charge is 0.490 e. The zero-order chi connectivity index (χ0) is 12.1. The molecule has 0 N–H and O–H groups in total. The molecule has 0 fully saturated rings. The monoisotopic (exact) mass is 240 g/mol. The van der Waals surface area contributed by atoms with Crippen molar-refractivity contribution >= 4 is 15.0 Å². The molecule has 0 aliphatic carbocycles. The third-order valence-electron chi connectivity index (χ3n) is 1.43. The highest BCUT2D eigenvalue weighted by Crippen LogP contribution is 2.25. The fourth-order valence-electron chi connectivity index (χ4n) is 0.622. The van der Waals surface area contributed by atoms with Crippen LogP contribution < -0.4 is 0 Å². The van der Waals surface area contributed by atoms with Crippen molar-refractivity contribution in [3.8, 4) is 0 Å². The van der Waals surface area contributed by atoms with E-state index >= 15 is 0 Å². The summed E-state index contributed by atoms with van der Waals surface area (Å²) in [6.07, 6.45) is -3.49. The lowest BCUT2D eigenvalue weighted by atomic mass is 10.2. The summed E-state index contributed by atoms with van der Waals surface area (Å²) in [5, 5.41) is 0. The van der Waals surface area contributed by atoms with Gasteiger partial charge < -0.3 is 4.74 Å². The quantitative estimate of drug-likeness (QED) is 0.419. The van der Waals surface area contributed by atoms with Gasteiger partial charge in [-0.3, -0.25) is 4.79 Å². The summed E-state index contributed by atoms with van der Waals surface area (Å²) in [5.74, 6) is -0.186. The van der Waals surface area contributed by atoms with Crippen LogP contribution >= 0.6 is 9.24 Å². The lowest BCUT2D eigenvalue weighted by Gasteiger charge is -2.08. The van der Waals surface area contributed by atoms with Crippen LogP contribution in [0.25, 0.3) is 0 Å². The molecule has 0 saturated carbocycles. The van der Waals surface area contributed by atoms with E-state index in [0.29, 0.717) is 0 Å². The molecular weight excluding hydrogens is 228 g/mol. The zero-order valence-electron chi connectivity index (χ0n) is 8.23. The fourth-order valence-corrected chi connectivity index (χ4v) is 0.740. The Morgan fingerprint density at radius 1 is 1.53 bits per heavy atom. The van der Waals surface area contributed by atoms with Crippen LogP contribution in [0.15, 0.2) is 24.0 Å². The van der Waals surface area contributed by atoms with E-state index in [1.807, 2.05) is 0 Å². The average Bonchev–Trinajstić information content (AvgIpc) is 2.12. The van der Waals surface area contributed by atoms with E-state index in [0.717, 1.165) is 6.08 Å². The summed E-state index contributed by atoms with van der Waals surface area (Å²) >= 11 is 0. The van der Waals surface area contributed by atoms with Crippen LogP contribution in [0.1, 0.15) is 6.92 Å². The predicted octanol–water partition coefficient (Wildman–Crippen LogP) is 2.47. The molecule has 0 aliphatic heterocycles. The molecule has 1 atom stereocenters. The highest BCUT2D eigenvalue weighted by atomic mass is 31.0. The Labute approximate surface area is 88.4 Å². The second kappa shape index (κ2) is 5.91. The molecule has 0 radical (unpaired) electrons. The highest BCUT2D eigenvalue weighted by molar-refractivity contribution is 7.18. The number of hydrogen-bond acceptors (Lipinski definition) is 2. The minimum Gasteiger partial charge on any atom is -0.490 e. The van der Waals surface area contributed by atoms with Gasteiger partial charge in [0.2, 0.25) is 0 Å². The van der Waals surface area contributed by atoms with Gasteiger partial charge in [-0.05, 0) is 13.0 Å². The number of ether oxygens (including phenoxy) is 1. The van der Waals surface area contributed by atoms with E-state index in [1.165, 1.54) is 6.92 Å². The first-order chi connectivity index (χ1) is 6.77. The molecule has 86 valence electrons. The molecule has 0 saturated heterocycles. The van der Waals surface area contributed by atoms with Gasteiger partial charge >= 0.3 is 6.18 Å². The predicted molar refractivity (Wildman–Crippen MR) is 54.5 cm³/mol. The number of alkyl halides is 3. The Hall–Kier alpha value is -0.830. The lowest BCUT2D eigenvalue weighted by molar-refractivity contribution is -0.119. The second-order valence-corrected chi connectivity index (χ2v) is 3.22. The summed E-state index contributed by atoms with van der Waals surface area (Å²) in [6.45, 7) is 3.96. The normalized spacial score (nSPS) is 12.5. The van der Waals surface area contributed by atoms with Crippen molar-refractivity contribution in [1.29, 1.82) is 0 Å². The maximum absolute atomic E-state index is 12.0. The van der Waals surface area contributed by atoms with Gasteiger partial charge in [0, 0.05) is 6.16 Å². The van der Waals surface area contributed by atoms with Gasteiger partial charge in [-0.2, -0.15) is 13.2 Å². The van der Waals surface area contributed by atoms with Crippen molar-refractivity contribution in [3.63, 3.8) is 0 Å². The van der Waals surface area contributed by atoms with Crippen molar-refractivity contribution in [2.24, 2.45) is 0 Å². The summed E-state index contributed by atoms with van der Waals surface area (Å²) in [4.78, 5) is 10.8. The van der Waals surface area contributed by atoms with E-state index in [1.54, 1.807) is 0 Å². The molecule has 0 spiro atoms. The van der Waals surface area contributed by atoms with Crippen LogP contribution in [-0.2, 0) is 9.53 Å². The maximum Gasteiger partial charge on any atom is 0.415 e. The zero-order valence-corrected chi connectivity index (χ0v) is 9.38. The molecule has 15 heavy (non-hydrogen) atoms. The SMILES string of the molecule is C=C(/C=C(\C)OCC(=O)CP)C(F)(F)F. The Bertz CT molecular complexity index is 282. The van der Waals surface area contributed by atoms with Crippen molar-refractivity contribution in [3.05, 3.63) is 24.0 Å². The first-order valence-corrected chi connectivity index (χ1v) is 4.88. The number of Topliss-reactive ketones (excluding diaryl/α,β-unsaturated/α-hetero) is 1. The number of carbonyl (C=O) groups is 1. The number of ketones is 1. The summed E-state index contributed by atoms with van der Waals surface area (Å²) in [7, 11) is 2.21. The standard InChI is InChI=1S/C9H12F3O2P/c1-6(9(10,11)12)3-7(2)14-4-8(13)5-15/h3H,1,4-5,15H2,2H3/b7-3+. The van der Waals surface area contributed by atoms with Gasteiger partial charge in [0.15, 0.2) is 5.78 Å². The van der Waals surface area contributed by atoms with E-state index in [2.05, 4.69) is 15.8 Å². The molecule has 0 aromatic heterocycles. The fraction of sp³-hybridized carbons (Fsp3) is 0.444. The van der Waals surface area contributed by atoms with E-state index < -0.39 is 11.7 Å². The summed E-state index contributed by atoms with van der Waals surface area (Å²) in [5.41, 5.74) is -1.00. The van der Waals surface area contributed by atoms with Crippen LogP contribution in [0.5, 0.6) is 0 Å². The molecule has 2 nitrogen and oxygen atoms in total. The molecule has 0 heterocycles. The molecule has 0 bridgehead atoms. The number of hydrogen-bond donors (Lipinski definition) is 0. The summed E-state index contributed by atoms with van der Waals surface area (Å²) < 4.78 is 40.8. The molecule has 0 aliphatic rings. The second-order valence-electron chi connectivity index (χ2n) is 2.81. The van der Waals surface area contributed by atoms with Crippen molar-refractivity contribution in [2.75, 3.05) is 12.8 Å². The Balaban J connectivity index is 4.21. The van der Waals surface area contributed by atoms with Gasteiger partial charge in [0.05, 0.1) is 11.3 Å². The molecule has 0 aromatic rings. The average molecular weight is 240 g/mol. The van der Waals surface area contributed by atoms with Crippen LogP contribution in [-0.4, -0.2) is 24.7 Å². The Morgan fingerprint density at radius 2 is 2.07 bits per heavy atom. The number of halogens is 3. The third kappa shape index (κ3) is 6.28. The Kier molecular flexibility index (Phi) is 5.58. The van der Waals surface area contributed by atoms with Gasteiger partial charge in [-0.1, -0.05) is 6.58 Å². The summed E-state index contributed by atoms with van der Waals surface area (Å²) in [6, 6.07) is 0. The topological polar surface area (TPSA) is 26.3 Å². The van der Waals surface area contributed by atoms with Crippen molar-refractivity contribution in [2.45, 2.75) is 13.1 Å². The maximum atomic E-state index is 12.0. The van der Waals surface area contributed by atoms with Crippen molar-refractivity contribution < 1.29 is 22.7 Å². The van der Waals surface area contributed by atoms with E-state index in [4.69, 9.17) is 4.74 Å². The van der Waals surface area contributed by atoms with Crippen LogP contribution in [0, 0.1) is 0 Å². The van der Waals surface area contributed by atoms with Crippen molar-refractivity contribution in [1.82, 2.24) is 0 Å². The minimum atomic E-state index is -4.46. The van der Waals surface area contributed by atoms with Crippen LogP contribution in [0.3, 0.4) is 0 Å².